The van der Waals surface area contributed by atoms with Gasteiger partial charge in [0.05, 0.1) is 0 Å². The van der Waals surface area contributed by atoms with E-state index in [2.05, 4.69) is 28.1 Å². The lowest BCUT2D eigenvalue weighted by atomic mass is 9.98. The molecule has 0 aromatic heterocycles. The summed E-state index contributed by atoms with van der Waals surface area (Å²) in [6, 6.07) is 14.2. The summed E-state index contributed by atoms with van der Waals surface area (Å²) >= 11 is 3.54. The summed E-state index contributed by atoms with van der Waals surface area (Å²) in [5, 5.41) is 3.36. The molecule has 1 fully saturated rings. The molecular formula is C17H18BrNO. The number of halogens is 1. The van der Waals surface area contributed by atoms with Crippen LogP contribution in [-0.4, -0.2) is 29.2 Å². The predicted molar refractivity (Wildman–Crippen MR) is 86.4 cm³/mol. The Hall–Kier alpha value is -1.35. The molecule has 20 heavy (non-hydrogen) atoms. The predicted octanol–water partition coefficient (Wildman–Crippen LogP) is 4.09. The fraction of sp³-hybridized carbons (Fsp3) is 0.353. The summed E-state index contributed by atoms with van der Waals surface area (Å²) in [6.45, 7) is 1.75. The van der Waals surface area contributed by atoms with Gasteiger partial charge in [-0.2, -0.15) is 0 Å². The van der Waals surface area contributed by atoms with Gasteiger partial charge in [-0.05, 0) is 41.7 Å². The summed E-state index contributed by atoms with van der Waals surface area (Å²) in [5.41, 5.74) is 0.806. The normalized spacial score (nSPS) is 16.6. The third-order valence-corrected chi connectivity index (χ3v) is 5.03. The first-order valence-electron chi connectivity index (χ1n) is 7.12. The van der Waals surface area contributed by atoms with Crippen molar-refractivity contribution in [2.75, 3.05) is 18.4 Å². The third-order valence-electron chi connectivity index (χ3n) is 4.12. The highest BCUT2D eigenvalue weighted by atomic mass is 79.9. The smallest absolute Gasteiger partial charge is 0.253 e. The first kappa shape index (κ1) is 13.6. The minimum atomic E-state index is 0.170. The van der Waals surface area contributed by atoms with Crippen LogP contribution in [0.4, 0.5) is 0 Å². The van der Waals surface area contributed by atoms with Crippen molar-refractivity contribution in [2.45, 2.75) is 12.8 Å². The van der Waals surface area contributed by atoms with E-state index >= 15 is 0 Å². The van der Waals surface area contributed by atoms with Crippen molar-refractivity contribution >= 4 is 32.6 Å². The lowest BCUT2D eigenvalue weighted by molar-refractivity contribution is 0.0699. The maximum Gasteiger partial charge on any atom is 0.253 e. The number of fused-ring (bicyclic) bond motifs is 1. The quantitative estimate of drug-likeness (QED) is 0.759. The molecule has 1 saturated heterocycles. The van der Waals surface area contributed by atoms with Crippen molar-refractivity contribution in [2.24, 2.45) is 5.92 Å². The summed E-state index contributed by atoms with van der Waals surface area (Å²) < 4.78 is 0. The van der Waals surface area contributed by atoms with E-state index in [1.54, 1.807) is 0 Å². The highest BCUT2D eigenvalue weighted by Crippen LogP contribution is 2.22. The SMILES string of the molecule is O=C(c1ccc2ccccc2c1)N1CCC(CBr)CC1. The van der Waals surface area contributed by atoms with Crippen LogP contribution in [0.25, 0.3) is 10.8 Å². The zero-order chi connectivity index (χ0) is 13.9. The van der Waals surface area contributed by atoms with Gasteiger partial charge in [0.25, 0.3) is 5.91 Å². The highest BCUT2D eigenvalue weighted by molar-refractivity contribution is 9.09. The van der Waals surface area contributed by atoms with Crippen molar-refractivity contribution in [3.8, 4) is 0 Å². The second-order valence-corrected chi connectivity index (χ2v) is 6.10. The average Bonchev–Trinajstić information content (AvgIpc) is 2.54. The van der Waals surface area contributed by atoms with Gasteiger partial charge >= 0.3 is 0 Å². The minimum Gasteiger partial charge on any atom is -0.339 e. The molecule has 0 aliphatic carbocycles. The summed E-state index contributed by atoms with van der Waals surface area (Å²) in [4.78, 5) is 14.5. The molecule has 0 radical (unpaired) electrons. The molecular weight excluding hydrogens is 314 g/mol. The number of piperidine rings is 1. The van der Waals surface area contributed by atoms with Crippen molar-refractivity contribution in [3.63, 3.8) is 0 Å². The fourth-order valence-electron chi connectivity index (χ4n) is 2.80. The molecule has 0 saturated carbocycles. The molecule has 3 rings (SSSR count). The van der Waals surface area contributed by atoms with Gasteiger partial charge in [-0.3, -0.25) is 4.79 Å². The van der Waals surface area contributed by atoms with Gasteiger partial charge in [0.2, 0.25) is 0 Å². The van der Waals surface area contributed by atoms with Crippen LogP contribution in [0.1, 0.15) is 23.2 Å². The van der Waals surface area contributed by atoms with Crippen LogP contribution >= 0.6 is 15.9 Å². The number of likely N-dealkylation sites (tertiary alicyclic amines) is 1. The summed E-state index contributed by atoms with van der Waals surface area (Å²) in [7, 11) is 0. The van der Waals surface area contributed by atoms with E-state index in [0.29, 0.717) is 0 Å². The Morgan fingerprint density at radius 3 is 2.50 bits per heavy atom. The topological polar surface area (TPSA) is 20.3 Å². The van der Waals surface area contributed by atoms with Crippen molar-refractivity contribution in [1.29, 1.82) is 0 Å². The molecule has 2 nitrogen and oxygen atoms in total. The molecule has 2 aromatic rings. The van der Waals surface area contributed by atoms with Crippen LogP contribution < -0.4 is 0 Å². The van der Waals surface area contributed by atoms with Gasteiger partial charge in [-0.15, -0.1) is 0 Å². The lowest BCUT2D eigenvalue weighted by Crippen LogP contribution is -2.38. The molecule has 0 bridgehead atoms. The van der Waals surface area contributed by atoms with Gasteiger partial charge in [-0.1, -0.05) is 46.3 Å². The van der Waals surface area contributed by atoms with Crippen LogP contribution in [0.15, 0.2) is 42.5 Å². The van der Waals surface area contributed by atoms with Crippen LogP contribution in [0.5, 0.6) is 0 Å². The molecule has 1 heterocycles. The Labute approximate surface area is 127 Å². The average molecular weight is 332 g/mol. The van der Waals surface area contributed by atoms with Crippen molar-refractivity contribution < 1.29 is 4.79 Å². The summed E-state index contributed by atoms with van der Waals surface area (Å²) in [6.07, 6.45) is 2.20. The lowest BCUT2D eigenvalue weighted by Gasteiger charge is -2.31. The molecule has 2 aromatic carbocycles. The molecule has 3 heteroatoms. The Morgan fingerprint density at radius 2 is 1.80 bits per heavy atom. The Bertz CT molecular complexity index is 617. The highest BCUT2D eigenvalue weighted by Gasteiger charge is 2.22. The Morgan fingerprint density at radius 1 is 1.10 bits per heavy atom. The standard InChI is InChI=1S/C17H18BrNO/c18-12-13-7-9-19(10-8-13)17(20)16-6-5-14-3-1-2-4-15(14)11-16/h1-6,11,13H,7-10,12H2. The van der Waals surface area contributed by atoms with E-state index < -0.39 is 0 Å². The van der Waals surface area contributed by atoms with Gasteiger partial charge in [-0.25, -0.2) is 0 Å². The van der Waals surface area contributed by atoms with Crippen LogP contribution in [0.2, 0.25) is 0 Å². The molecule has 0 N–H and O–H groups in total. The number of carbonyl (C=O) groups excluding carboxylic acids is 1. The largest absolute Gasteiger partial charge is 0.339 e. The number of benzene rings is 2. The van der Waals surface area contributed by atoms with E-state index in [-0.39, 0.29) is 5.91 Å². The molecule has 0 atom stereocenters. The van der Waals surface area contributed by atoms with E-state index in [1.165, 1.54) is 5.39 Å². The maximum absolute atomic E-state index is 12.6. The zero-order valence-electron chi connectivity index (χ0n) is 11.4. The van der Waals surface area contributed by atoms with E-state index in [9.17, 15) is 4.79 Å². The molecule has 104 valence electrons. The molecule has 0 unspecified atom stereocenters. The number of nitrogens with zero attached hydrogens (tertiary/aromatic N) is 1. The van der Waals surface area contributed by atoms with Crippen molar-refractivity contribution in [3.05, 3.63) is 48.0 Å². The first-order valence-corrected chi connectivity index (χ1v) is 8.24. The van der Waals surface area contributed by atoms with Crippen molar-refractivity contribution in [1.82, 2.24) is 4.90 Å². The molecule has 1 aliphatic heterocycles. The second kappa shape index (κ2) is 5.96. The van der Waals surface area contributed by atoms with Gasteiger partial charge < -0.3 is 4.90 Å². The minimum absolute atomic E-state index is 0.170. The van der Waals surface area contributed by atoms with Gasteiger partial charge in [0, 0.05) is 24.0 Å². The Balaban J connectivity index is 1.79. The van der Waals surface area contributed by atoms with Gasteiger partial charge in [0.15, 0.2) is 0 Å². The summed E-state index contributed by atoms with van der Waals surface area (Å²) in [5.74, 6) is 0.888. The number of amides is 1. The third kappa shape index (κ3) is 2.73. The zero-order valence-corrected chi connectivity index (χ0v) is 13.0. The van der Waals surface area contributed by atoms with Crippen LogP contribution in [-0.2, 0) is 0 Å². The molecule has 1 aliphatic rings. The molecule has 0 spiro atoms. The Kier molecular flexibility index (Phi) is 4.06. The number of hydrogen-bond donors (Lipinski definition) is 0. The van der Waals surface area contributed by atoms with Crippen LogP contribution in [0, 0.1) is 5.92 Å². The fourth-order valence-corrected chi connectivity index (χ4v) is 3.44. The van der Waals surface area contributed by atoms with E-state index in [4.69, 9.17) is 0 Å². The second-order valence-electron chi connectivity index (χ2n) is 5.45. The monoisotopic (exact) mass is 331 g/mol. The van der Waals surface area contributed by atoms with E-state index in [1.807, 2.05) is 35.2 Å². The maximum atomic E-state index is 12.6. The first-order chi connectivity index (χ1) is 9.78. The van der Waals surface area contributed by atoms with E-state index in [0.717, 1.165) is 48.1 Å². The number of alkyl halides is 1. The number of rotatable bonds is 2. The number of hydrogen-bond acceptors (Lipinski definition) is 1. The number of carbonyl (C=O) groups is 1. The molecule has 1 amide bonds. The van der Waals surface area contributed by atoms with Crippen LogP contribution in [0.3, 0.4) is 0 Å². The van der Waals surface area contributed by atoms with Gasteiger partial charge in [0.1, 0.15) is 0 Å².